The Hall–Kier alpha value is -1.10. The summed E-state index contributed by atoms with van der Waals surface area (Å²) in [5, 5.41) is 0.619. The van der Waals surface area contributed by atoms with E-state index >= 15 is 0 Å². The lowest BCUT2D eigenvalue weighted by molar-refractivity contribution is 0.307. The molecule has 0 aliphatic carbocycles. The Morgan fingerprint density at radius 3 is 3.00 bits per heavy atom. The van der Waals surface area contributed by atoms with Crippen molar-refractivity contribution in [2.24, 2.45) is 0 Å². The second kappa shape index (κ2) is 6.37. The first-order valence-electron chi connectivity index (χ1n) is 6.91. The predicted molar refractivity (Wildman–Crippen MR) is 83.2 cm³/mol. The predicted octanol–water partition coefficient (Wildman–Crippen LogP) is 2.78. The standard InChI is InChI=1S/C14H23N3OS/c1-4-8-18-14-12(15)5-6-13(16-14)17-7-9-19-11(3)10(17)2/h5-6,10-11H,4,7-9,15H2,1-3H3. The lowest BCUT2D eigenvalue weighted by atomic mass is 10.2. The Morgan fingerprint density at radius 2 is 2.26 bits per heavy atom. The average molecular weight is 281 g/mol. The van der Waals surface area contributed by atoms with Crippen molar-refractivity contribution < 1.29 is 4.74 Å². The maximum Gasteiger partial charge on any atom is 0.239 e. The number of nitrogens with two attached hydrogens (primary N) is 1. The molecule has 0 bridgehead atoms. The van der Waals surface area contributed by atoms with E-state index in [1.807, 2.05) is 23.9 Å². The molecule has 4 nitrogen and oxygen atoms in total. The summed E-state index contributed by atoms with van der Waals surface area (Å²) in [5.41, 5.74) is 6.53. The molecule has 1 aromatic heterocycles. The summed E-state index contributed by atoms with van der Waals surface area (Å²) in [7, 11) is 0. The minimum Gasteiger partial charge on any atom is -0.476 e. The van der Waals surface area contributed by atoms with Gasteiger partial charge >= 0.3 is 0 Å². The number of hydrogen-bond acceptors (Lipinski definition) is 5. The molecule has 1 saturated heterocycles. The van der Waals surface area contributed by atoms with Gasteiger partial charge in [-0.3, -0.25) is 0 Å². The molecule has 1 aliphatic rings. The lowest BCUT2D eigenvalue weighted by Crippen LogP contribution is -2.45. The number of anilines is 2. The zero-order valence-electron chi connectivity index (χ0n) is 11.9. The Bertz CT molecular complexity index is 427. The first kappa shape index (κ1) is 14.3. The summed E-state index contributed by atoms with van der Waals surface area (Å²) >= 11 is 2.02. The molecule has 2 atom stereocenters. The van der Waals surface area contributed by atoms with Crippen LogP contribution in [0.1, 0.15) is 27.2 Å². The van der Waals surface area contributed by atoms with Gasteiger partial charge in [0, 0.05) is 23.6 Å². The first-order chi connectivity index (χ1) is 9.13. The summed E-state index contributed by atoms with van der Waals surface area (Å²) in [5.74, 6) is 2.68. The molecular formula is C14H23N3OS. The number of rotatable bonds is 4. The van der Waals surface area contributed by atoms with Crippen LogP contribution in [0.2, 0.25) is 0 Å². The van der Waals surface area contributed by atoms with Gasteiger partial charge in [-0.25, -0.2) is 0 Å². The van der Waals surface area contributed by atoms with E-state index in [0.717, 1.165) is 24.5 Å². The SMILES string of the molecule is CCCOc1nc(N2CCSC(C)C2C)ccc1N. The Labute approximate surface area is 119 Å². The van der Waals surface area contributed by atoms with Crippen LogP contribution in [0.15, 0.2) is 12.1 Å². The summed E-state index contributed by atoms with van der Waals surface area (Å²) in [6.45, 7) is 8.28. The molecule has 0 radical (unpaired) electrons. The van der Waals surface area contributed by atoms with Gasteiger partial charge < -0.3 is 15.4 Å². The minimum absolute atomic E-state index is 0.480. The van der Waals surface area contributed by atoms with Crippen LogP contribution in [-0.4, -0.2) is 35.2 Å². The van der Waals surface area contributed by atoms with Gasteiger partial charge in [-0.2, -0.15) is 16.7 Å². The molecule has 19 heavy (non-hydrogen) atoms. The number of pyridine rings is 1. The van der Waals surface area contributed by atoms with Gasteiger partial charge in [0.2, 0.25) is 5.88 Å². The van der Waals surface area contributed by atoms with E-state index in [0.29, 0.717) is 29.5 Å². The third-order valence-corrected chi connectivity index (χ3v) is 4.83. The van der Waals surface area contributed by atoms with Crippen LogP contribution in [0.5, 0.6) is 5.88 Å². The number of ether oxygens (including phenoxy) is 1. The molecule has 1 aromatic rings. The molecule has 0 amide bonds. The van der Waals surface area contributed by atoms with Gasteiger partial charge in [0.15, 0.2) is 0 Å². The molecule has 106 valence electrons. The van der Waals surface area contributed by atoms with Gasteiger partial charge in [0.1, 0.15) is 5.82 Å². The Morgan fingerprint density at radius 1 is 1.47 bits per heavy atom. The highest BCUT2D eigenvalue weighted by atomic mass is 32.2. The number of hydrogen-bond donors (Lipinski definition) is 1. The van der Waals surface area contributed by atoms with E-state index in [9.17, 15) is 0 Å². The average Bonchev–Trinajstić information content (AvgIpc) is 2.41. The fourth-order valence-electron chi connectivity index (χ4n) is 2.17. The molecule has 1 fully saturated rings. The molecule has 0 spiro atoms. The van der Waals surface area contributed by atoms with Gasteiger partial charge in [0.25, 0.3) is 0 Å². The van der Waals surface area contributed by atoms with Gasteiger partial charge in [-0.1, -0.05) is 13.8 Å². The highest BCUT2D eigenvalue weighted by molar-refractivity contribution is 8.00. The maximum atomic E-state index is 5.91. The molecule has 0 saturated carbocycles. The maximum absolute atomic E-state index is 5.91. The van der Waals surface area contributed by atoms with Crippen molar-refractivity contribution in [2.75, 3.05) is 29.5 Å². The van der Waals surface area contributed by atoms with Crippen LogP contribution in [0.4, 0.5) is 11.5 Å². The van der Waals surface area contributed by atoms with Gasteiger partial charge in [-0.05, 0) is 25.5 Å². The smallest absolute Gasteiger partial charge is 0.239 e. The zero-order chi connectivity index (χ0) is 13.8. The van der Waals surface area contributed by atoms with Crippen LogP contribution >= 0.6 is 11.8 Å². The lowest BCUT2D eigenvalue weighted by Gasteiger charge is -2.38. The van der Waals surface area contributed by atoms with Crippen molar-refractivity contribution >= 4 is 23.3 Å². The van der Waals surface area contributed by atoms with E-state index in [2.05, 4.69) is 30.7 Å². The third-order valence-electron chi connectivity index (χ3n) is 3.50. The van der Waals surface area contributed by atoms with Crippen LogP contribution in [-0.2, 0) is 0 Å². The van der Waals surface area contributed by atoms with Crippen LogP contribution in [0, 0.1) is 0 Å². The quantitative estimate of drug-likeness (QED) is 0.919. The minimum atomic E-state index is 0.480. The number of thioether (sulfide) groups is 1. The Kier molecular flexibility index (Phi) is 4.80. The van der Waals surface area contributed by atoms with Crippen molar-refractivity contribution in [3.8, 4) is 5.88 Å². The molecule has 2 N–H and O–H groups in total. The van der Waals surface area contributed by atoms with Crippen molar-refractivity contribution in [3.05, 3.63) is 12.1 Å². The van der Waals surface area contributed by atoms with E-state index in [-0.39, 0.29) is 0 Å². The molecule has 5 heteroatoms. The van der Waals surface area contributed by atoms with Crippen molar-refractivity contribution in [3.63, 3.8) is 0 Å². The molecule has 2 rings (SSSR count). The highest BCUT2D eigenvalue weighted by Gasteiger charge is 2.26. The number of nitrogens with zero attached hydrogens (tertiary/aromatic N) is 2. The summed E-state index contributed by atoms with van der Waals surface area (Å²) in [6, 6.07) is 4.37. The molecule has 0 aromatic carbocycles. The fourth-order valence-corrected chi connectivity index (χ4v) is 3.27. The van der Waals surface area contributed by atoms with E-state index < -0.39 is 0 Å². The fraction of sp³-hybridized carbons (Fsp3) is 0.643. The van der Waals surface area contributed by atoms with Crippen LogP contribution < -0.4 is 15.4 Å². The van der Waals surface area contributed by atoms with E-state index in [4.69, 9.17) is 10.5 Å². The van der Waals surface area contributed by atoms with Crippen molar-refractivity contribution in [2.45, 2.75) is 38.5 Å². The zero-order valence-corrected chi connectivity index (χ0v) is 12.7. The van der Waals surface area contributed by atoms with Gasteiger partial charge in [-0.15, -0.1) is 0 Å². The molecule has 1 aliphatic heterocycles. The van der Waals surface area contributed by atoms with Crippen LogP contribution in [0.25, 0.3) is 0 Å². The molecule has 2 heterocycles. The third kappa shape index (κ3) is 3.26. The summed E-state index contributed by atoms with van der Waals surface area (Å²) < 4.78 is 5.61. The van der Waals surface area contributed by atoms with Gasteiger partial charge in [0.05, 0.1) is 12.3 Å². The van der Waals surface area contributed by atoms with Crippen LogP contribution in [0.3, 0.4) is 0 Å². The summed E-state index contributed by atoms with van der Waals surface area (Å²) in [6.07, 6.45) is 0.957. The molecule has 2 unspecified atom stereocenters. The monoisotopic (exact) mass is 281 g/mol. The topological polar surface area (TPSA) is 51.4 Å². The number of aromatic nitrogens is 1. The molecular weight excluding hydrogens is 258 g/mol. The Balaban J connectivity index is 2.19. The normalized spacial score (nSPS) is 23.4. The highest BCUT2D eigenvalue weighted by Crippen LogP contribution is 2.30. The second-order valence-electron chi connectivity index (χ2n) is 4.92. The van der Waals surface area contributed by atoms with E-state index in [1.165, 1.54) is 0 Å². The van der Waals surface area contributed by atoms with Crippen molar-refractivity contribution in [1.82, 2.24) is 4.98 Å². The number of nitrogen functional groups attached to an aromatic ring is 1. The largest absolute Gasteiger partial charge is 0.476 e. The van der Waals surface area contributed by atoms with E-state index in [1.54, 1.807) is 0 Å². The van der Waals surface area contributed by atoms with Crippen molar-refractivity contribution in [1.29, 1.82) is 0 Å². The first-order valence-corrected chi connectivity index (χ1v) is 7.96. The summed E-state index contributed by atoms with van der Waals surface area (Å²) in [4.78, 5) is 6.93. The second-order valence-corrected chi connectivity index (χ2v) is 6.41.